The summed E-state index contributed by atoms with van der Waals surface area (Å²) in [5.41, 5.74) is 2.00. The fraction of sp³-hybridized carbons (Fsp3) is 0.500. The molecule has 2 amide bonds. The molecule has 0 bridgehead atoms. The first-order chi connectivity index (χ1) is 10.9. The first-order valence-electron chi connectivity index (χ1n) is 8.05. The van der Waals surface area contributed by atoms with Gasteiger partial charge in [0.25, 0.3) is 0 Å². The van der Waals surface area contributed by atoms with Gasteiger partial charge in [0.05, 0.1) is 6.10 Å². The van der Waals surface area contributed by atoms with Gasteiger partial charge in [0.2, 0.25) is 0 Å². The summed E-state index contributed by atoms with van der Waals surface area (Å²) < 4.78 is 0. The molecule has 0 aliphatic carbocycles. The zero-order valence-corrected chi connectivity index (χ0v) is 14.2. The average molecular weight is 317 g/mol. The maximum atomic E-state index is 11.8. The summed E-state index contributed by atoms with van der Waals surface area (Å²) in [4.78, 5) is 14.0. The van der Waals surface area contributed by atoms with Crippen LogP contribution >= 0.6 is 0 Å². The minimum Gasteiger partial charge on any atom is -0.391 e. The van der Waals surface area contributed by atoms with E-state index in [1.165, 1.54) is 5.69 Å². The van der Waals surface area contributed by atoms with Crippen LogP contribution in [0.5, 0.6) is 0 Å². The monoisotopic (exact) mass is 317 g/mol. The van der Waals surface area contributed by atoms with Gasteiger partial charge in [-0.2, -0.15) is 0 Å². The number of carbonyl (C=O) groups excluding carboxylic acids is 1. The minimum absolute atomic E-state index is 0.243. The third kappa shape index (κ3) is 5.28. The van der Waals surface area contributed by atoms with Crippen molar-refractivity contribution in [3.63, 3.8) is 0 Å². The predicted octanol–water partition coefficient (Wildman–Crippen LogP) is 2.27. The van der Waals surface area contributed by atoms with Crippen molar-refractivity contribution in [2.75, 3.05) is 24.5 Å². The second kappa shape index (κ2) is 7.51. The van der Waals surface area contributed by atoms with E-state index in [9.17, 15) is 9.90 Å². The number of urea groups is 1. The summed E-state index contributed by atoms with van der Waals surface area (Å²) in [6.07, 6.45) is 3.75. The zero-order valence-electron chi connectivity index (χ0n) is 14.2. The number of amides is 2. The number of benzene rings is 1. The fourth-order valence-electron chi connectivity index (χ4n) is 2.25. The van der Waals surface area contributed by atoms with Crippen molar-refractivity contribution in [2.45, 2.75) is 33.4 Å². The van der Waals surface area contributed by atoms with Crippen LogP contribution in [-0.2, 0) is 6.54 Å². The van der Waals surface area contributed by atoms with E-state index < -0.39 is 6.10 Å². The van der Waals surface area contributed by atoms with Crippen molar-refractivity contribution in [1.29, 1.82) is 0 Å². The second-order valence-corrected chi connectivity index (χ2v) is 6.99. The fourth-order valence-corrected chi connectivity index (χ4v) is 2.25. The number of anilines is 1. The summed E-state index contributed by atoms with van der Waals surface area (Å²) >= 11 is 0. The standard InChI is InChI=1S/C18H27N3O2/c1-18(2,3)16(22)13-20-17(23)19-12-14-6-8-15(9-7-14)21-10-4-5-11-21/h4-9,16,22H,10-13H2,1-3H3,(H2,19,20,23). The lowest BCUT2D eigenvalue weighted by Gasteiger charge is -2.25. The Morgan fingerprint density at radius 2 is 1.78 bits per heavy atom. The second-order valence-electron chi connectivity index (χ2n) is 6.99. The predicted molar refractivity (Wildman–Crippen MR) is 93.5 cm³/mol. The molecule has 1 aliphatic heterocycles. The van der Waals surface area contributed by atoms with Crippen LogP contribution in [0.3, 0.4) is 0 Å². The molecular weight excluding hydrogens is 290 g/mol. The summed E-state index contributed by atoms with van der Waals surface area (Å²) in [6, 6.07) is 7.94. The Bertz CT molecular complexity index is 538. The maximum Gasteiger partial charge on any atom is 0.315 e. The van der Waals surface area contributed by atoms with Crippen LogP contribution in [-0.4, -0.2) is 36.9 Å². The van der Waals surface area contributed by atoms with Crippen LogP contribution in [0.4, 0.5) is 10.5 Å². The van der Waals surface area contributed by atoms with Gasteiger partial charge in [0.1, 0.15) is 0 Å². The van der Waals surface area contributed by atoms with Gasteiger partial charge in [-0.3, -0.25) is 0 Å². The summed E-state index contributed by atoms with van der Waals surface area (Å²) in [5, 5.41) is 15.4. The Hall–Kier alpha value is -2.01. The van der Waals surface area contributed by atoms with Crippen molar-refractivity contribution in [3.8, 4) is 0 Å². The highest BCUT2D eigenvalue weighted by molar-refractivity contribution is 5.73. The third-order valence-corrected chi connectivity index (χ3v) is 4.03. The van der Waals surface area contributed by atoms with E-state index in [0.29, 0.717) is 6.54 Å². The summed E-state index contributed by atoms with van der Waals surface area (Å²) in [6.45, 7) is 8.44. The van der Waals surface area contributed by atoms with Gasteiger partial charge in [0.15, 0.2) is 0 Å². The van der Waals surface area contributed by atoms with Crippen LogP contribution in [0.15, 0.2) is 36.4 Å². The Morgan fingerprint density at radius 1 is 1.17 bits per heavy atom. The molecule has 1 atom stereocenters. The molecule has 23 heavy (non-hydrogen) atoms. The van der Waals surface area contributed by atoms with Gasteiger partial charge in [-0.05, 0) is 23.1 Å². The molecule has 5 heteroatoms. The molecule has 5 nitrogen and oxygen atoms in total. The van der Waals surface area contributed by atoms with E-state index in [1.54, 1.807) is 0 Å². The van der Waals surface area contributed by atoms with Crippen molar-refractivity contribution in [1.82, 2.24) is 10.6 Å². The number of hydrogen-bond acceptors (Lipinski definition) is 3. The van der Waals surface area contributed by atoms with Gasteiger partial charge in [-0.1, -0.05) is 45.1 Å². The van der Waals surface area contributed by atoms with Crippen molar-refractivity contribution >= 4 is 11.7 Å². The lowest BCUT2D eigenvalue weighted by molar-refractivity contribution is 0.0650. The van der Waals surface area contributed by atoms with Crippen LogP contribution in [0.2, 0.25) is 0 Å². The van der Waals surface area contributed by atoms with Crippen molar-refractivity contribution in [3.05, 3.63) is 42.0 Å². The number of rotatable bonds is 5. The molecule has 1 aromatic rings. The molecule has 0 radical (unpaired) electrons. The Morgan fingerprint density at radius 3 is 2.35 bits per heavy atom. The highest BCUT2D eigenvalue weighted by Gasteiger charge is 2.22. The molecule has 0 saturated heterocycles. The molecule has 1 unspecified atom stereocenters. The van der Waals surface area contributed by atoms with Crippen LogP contribution in [0, 0.1) is 5.41 Å². The SMILES string of the molecule is CC(C)(C)C(O)CNC(=O)NCc1ccc(N2CC=CC2)cc1. The largest absolute Gasteiger partial charge is 0.391 e. The number of hydrogen-bond donors (Lipinski definition) is 3. The number of aliphatic hydroxyl groups excluding tert-OH is 1. The van der Waals surface area contributed by atoms with Crippen LogP contribution < -0.4 is 15.5 Å². The molecule has 126 valence electrons. The van der Waals surface area contributed by atoms with Crippen molar-refractivity contribution < 1.29 is 9.90 Å². The third-order valence-electron chi connectivity index (χ3n) is 4.03. The van der Waals surface area contributed by atoms with E-state index >= 15 is 0 Å². The Kier molecular flexibility index (Phi) is 5.66. The number of aliphatic hydroxyl groups is 1. The molecule has 1 aliphatic rings. The van der Waals surface area contributed by atoms with Gasteiger partial charge >= 0.3 is 6.03 Å². The van der Waals surface area contributed by atoms with Crippen LogP contribution in [0.25, 0.3) is 0 Å². The first-order valence-corrected chi connectivity index (χ1v) is 8.05. The van der Waals surface area contributed by atoms with E-state index in [4.69, 9.17) is 0 Å². The van der Waals surface area contributed by atoms with E-state index in [2.05, 4.69) is 39.8 Å². The number of nitrogens with zero attached hydrogens (tertiary/aromatic N) is 1. The van der Waals surface area contributed by atoms with Gasteiger partial charge in [-0.25, -0.2) is 4.79 Å². The Balaban J connectivity index is 1.74. The smallest absolute Gasteiger partial charge is 0.315 e. The zero-order chi connectivity index (χ0) is 16.9. The molecule has 2 rings (SSSR count). The van der Waals surface area contributed by atoms with Gasteiger partial charge in [0, 0.05) is 31.9 Å². The topological polar surface area (TPSA) is 64.6 Å². The molecule has 0 saturated carbocycles. The maximum absolute atomic E-state index is 11.8. The van der Waals surface area contributed by atoms with E-state index in [0.717, 1.165) is 18.7 Å². The normalized spacial score (nSPS) is 15.6. The molecule has 0 spiro atoms. The quantitative estimate of drug-likeness (QED) is 0.730. The molecular formula is C18H27N3O2. The number of nitrogens with one attached hydrogen (secondary N) is 2. The Labute approximate surface area is 138 Å². The van der Waals surface area contributed by atoms with Gasteiger partial charge in [-0.15, -0.1) is 0 Å². The van der Waals surface area contributed by atoms with E-state index in [-0.39, 0.29) is 18.0 Å². The average Bonchev–Trinajstić information content (AvgIpc) is 3.04. The lowest BCUT2D eigenvalue weighted by atomic mass is 9.89. The summed E-state index contributed by atoms with van der Waals surface area (Å²) in [7, 11) is 0. The van der Waals surface area contributed by atoms with E-state index in [1.807, 2.05) is 32.9 Å². The number of carbonyl (C=O) groups is 1. The minimum atomic E-state index is -0.568. The summed E-state index contributed by atoms with van der Waals surface area (Å²) in [5.74, 6) is 0. The molecule has 3 N–H and O–H groups in total. The molecule has 1 heterocycles. The highest BCUT2D eigenvalue weighted by Crippen LogP contribution is 2.18. The molecule has 0 aromatic heterocycles. The first kappa shape index (κ1) is 17.3. The van der Waals surface area contributed by atoms with Crippen molar-refractivity contribution in [2.24, 2.45) is 5.41 Å². The highest BCUT2D eigenvalue weighted by atomic mass is 16.3. The van der Waals surface area contributed by atoms with Gasteiger partial charge < -0.3 is 20.6 Å². The molecule has 0 fully saturated rings. The van der Waals surface area contributed by atoms with Crippen LogP contribution in [0.1, 0.15) is 26.3 Å². The lowest BCUT2D eigenvalue weighted by Crippen LogP contribution is -2.43. The molecule has 1 aromatic carbocycles.